The highest BCUT2D eigenvalue weighted by Gasteiger charge is 2.30. The van der Waals surface area contributed by atoms with Gasteiger partial charge in [-0.05, 0) is 18.6 Å². The second-order valence-electron chi connectivity index (χ2n) is 5.59. The summed E-state index contributed by atoms with van der Waals surface area (Å²) < 4.78 is 10.7. The number of nitrogens with one attached hydrogen (secondary N) is 1. The van der Waals surface area contributed by atoms with Crippen LogP contribution in [0.2, 0.25) is 0 Å². The molecule has 2 aliphatic rings. The zero-order chi connectivity index (χ0) is 16.2. The van der Waals surface area contributed by atoms with Crippen LogP contribution in [0.25, 0.3) is 0 Å². The van der Waals surface area contributed by atoms with Gasteiger partial charge < -0.3 is 24.6 Å². The quantitative estimate of drug-likeness (QED) is 0.871. The van der Waals surface area contributed by atoms with Crippen LogP contribution in [0, 0.1) is 0 Å². The van der Waals surface area contributed by atoms with Crippen LogP contribution in [0.5, 0.6) is 5.75 Å². The minimum absolute atomic E-state index is 0.132. The van der Waals surface area contributed by atoms with Crippen molar-refractivity contribution in [1.82, 2.24) is 10.2 Å². The molecule has 23 heavy (non-hydrogen) atoms. The Morgan fingerprint density at radius 3 is 2.83 bits per heavy atom. The first-order chi connectivity index (χ1) is 11.2. The lowest BCUT2D eigenvalue weighted by Gasteiger charge is -2.35. The Hall–Kier alpha value is -2.44. The second kappa shape index (κ2) is 6.76. The highest BCUT2D eigenvalue weighted by molar-refractivity contribution is 5.83. The summed E-state index contributed by atoms with van der Waals surface area (Å²) in [5, 5.41) is 2.63. The van der Waals surface area contributed by atoms with Crippen molar-refractivity contribution in [2.45, 2.75) is 12.5 Å². The SMILES string of the molecule is CNC(=O)[C@@H]1CN(CCCN2CCOC2=O)c2ccccc2O1. The zero-order valence-corrected chi connectivity index (χ0v) is 13.2. The fourth-order valence-electron chi connectivity index (χ4n) is 2.90. The molecule has 0 bridgehead atoms. The van der Waals surface area contributed by atoms with Crippen LogP contribution in [0.15, 0.2) is 24.3 Å². The maximum absolute atomic E-state index is 11.9. The number of benzene rings is 1. The Bertz CT molecular complexity index is 592. The van der Waals surface area contributed by atoms with E-state index in [1.54, 1.807) is 11.9 Å². The van der Waals surface area contributed by atoms with E-state index in [1.807, 2.05) is 24.3 Å². The minimum atomic E-state index is -0.522. The Balaban J connectivity index is 1.64. The number of carbonyl (C=O) groups is 2. The highest BCUT2D eigenvalue weighted by atomic mass is 16.6. The molecule has 0 spiro atoms. The van der Waals surface area contributed by atoms with Crippen LogP contribution in [0.1, 0.15) is 6.42 Å². The normalized spacial score (nSPS) is 19.9. The molecule has 0 saturated carbocycles. The van der Waals surface area contributed by atoms with Crippen molar-refractivity contribution in [3.8, 4) is 5.75 Å². The van der Waals surface area contributed by atoms with Gasteiger partial charge in [-0.25, -0.2) is 4.79 Å². The van der Waals surface area contributed by atoms with E-state index < -0.39 is 6.10 Å². The number of anilines is 1. The zero-order valence-electron chi connectivity index (χ0n) is 13.2. The second-order valence-corrected chi connectivity index (χ2v) is 5.59. The van der Waals surface area contributed by atoms with E-state index in [4.69, 9.17) is 9.47 Å². The fraction of sp³-hybridized carbons (Fsp3) is 0.500. The van der Waals surface area contributed by atoms with Crippen molar-refractivity contribution in [1.29, 1.82) is 0 Å². The fourth-order valence-corrected chi connectivity index (χ4v) is 2.90. The number of amides is 2. The topological polar surface area (TPSA) is 71.1 Å². The molecule has 124 valence electrons. The van der Waals surface area contributed by atoms with Crippen LogP contribution in [0.4, 0.5) is 10.5 Å². The van der Waals surface area contributed by atoms with Crippen molar-refractivity contribution in [3.63, 3.8) is 0 Å². The van der Waals surface area contributed by atoms with Crippen LogP contribution < -0.4 is 15.0 Å². The van der Waals surface area contributed by atoms with Crippen LogP contribution in [0.3, 0.4) is 0 Å². The van der Waals surface area contributed by atoms with E-state index in [-0.39, 0.29) is 12.0 Å². The first-order valence-electron chi connectivity index (χ1n) is 7.83. The molecule has 2 heterocycles. The van der Waals surface area contributed by atoms with Gasteiger partial charge in [0.25, 0.3) is 5.91 Å². The molecule has 2 aliphatic heterocycles. The van der Waals surface area contributed by atoms with Crippen LogP contribution in [-0.2, 0) is 9.53 Å². The van der Waals surface area contributed by atoms with E-state index in [9.17, 15) is 9.59 Å². The summed E-state index contributed by atoms with van der Waals surface area (Å²) in [7, 11) is 1.61. The Morgan fingerprint density at radius 1 is 1.30 bits per heavy atom. The minimum Gasteiger partial charge on any atom is -0.477 e. The maximum atomic E-state index is 11.9. The van der Waals surface area contributed by atoms with Gasteiger partial charge in [0.2, 0.25) is 0 Å². The van der Waals surface area contributed by atoms with Gasteiger partial charge in [0.05, 0.1) is 18.8 Å². The molecule has 0 unspecified atom stereocenters. The number of carbonyl (C=O) groups excluding carboxylic acids is 2. The van der Waals surface area contributed by atoms with E-state index in [0.717, 1.165) is 18.7 Å². The third-order valence-electron chi connectivity index (χ3n) is 4.10. The van der Waals surface area contributed by atoms with E-state index in [1.165, 1.54) is 0 Å². The third kappa shape index (κ3) is 3.33. The molecule has 0 aliphatic carbocycles. The van der Waals surface area contributed by atoms with Crippen molar-refractivity contribution in [2.24, 2.45) is 0 Å². The lowest BCUT2D eigenvalue weighted by Crippen LogP contribution is -2.48. The predicted molar refractivity (Wildman–Crippen MR) is 84.7 cm³/mol. The lowest BCUT2D eigenvalue weighted by molar-refractivity contribution is -0.127. The number of hydrogen-bond donors (Lipinski definition) is 1. The van der Waals surface area contributed by atoms with E-state index in [0.29, 0.717) is 32.0 Å². The number of rotatable bonds is 5. The largest absolute Gasteiger partial charge is 0.477 e. The van der Waals surface area contributed by atoms with Crippen LogP contribution >= 0.6 is 0 Å². The van der Waals surface area contributed by atoms with Crippen LogP contribution in [-0.4, -0.2) is 62.8 Å². The summed E-state index contributed by atoms with van der Waals surface area (Å²) in [6.45, 7) is 3.03. The van der Waals surface area contributed by atoms with Crippen molar-refractivity contribution in [2.75, 3.05) is 44.7 Å². The van der Waals surface area contributed by atoms with Gasteiger partial charge in [-0.2, -0.15) is 0 Å². The van der Waals surface area contributed by atoms with Crippen molar-refractivity contribution in [3.05, 3.63) is 24.3 Å². The number of likely N-dealkylation sites (N-methyl/N-ethyl adjacent to an activating group) is 1. The molecule has 7 heteroatoms. The smallest absolute Gasteiger partial charge is 0.409 e. The van der Waals surface area contributed by atoms with Gasteiger partial charge in [-0.1, -0.05) is 12.1 Å². The average molecular weight is 319 g/mol. The molecule has 2 amide bonds. The molecular formula is C16H21N3O4. The van der Waals surface area contributed by atoms with Crippen molar-refractivity contribution < 1.29 is 19.1 Å². The maximum Gasteiger partial charge on any atom is 0.409 e. The Kier molecular flexibility index (Phi) is 4.55. The predicted octanol–water partition coefficient (Wildman–Crippen LogP) is 0.842. The van der Waals surface area contributed by atoms with Gasteiger partial charge in [0.15, 0.2) is 6.10 Å². The molecule has 1 aromatic carbocycles. The molecule has 1 atom stereocenters. The first-order valence-corrected chi connectivity index (χ1v) is 7.83. The number of fused-ring (bicyclic) bond motifs is 1. The highest BCUT2D eigenvalue weighted by Crippen LogP contribution is 2.33. The Labute approximate surface area is 135 Å². The molecule has 1 fully saturated rings. The summed E-state index contributed by atoms with van der Waals surface area (Å²) >= 11 is 0. The number of nitrogens with zero attached hydrogens (tertiary/aromatic N) is 2. The van der Waals surface area contributed by atoms with E-state index in [2.05, 4.69) is 10.2 Å². The van der Waals surface area contributed by atoms with Gasteiger partial charge in [0.1, 0.15) is 12.4 Å². The summed E-state index contributed by atoms with van der Waals surface area (Å²) in [5.41, 5.74) is 0.983. The molecule has 0 aromatic heterocycles. The molecule has 1 saturated heterocycles. The summed E-state index contributed by atoms with van der Waals surface area (Å²) in [6.07, 6.45) is 0.0476. The molecule has 7 nitrogen and oxygen atoms in total. The standard InChI is InChI=1S/C16H21N3O4/c1-17-15(20)14-11-19(12-5-2-3-6-13(12)23-14)8-4-7-18-9-10-22-16(18)21/h2-3,5-6,14H,4,7-11H2,1H3,(H,17,20)/t14-/m0/s1. The number of cyclic esters (lactones) is 1. The molecule has 0 radical (unpaired) electrons. The number of para-hydroxylation sites is 2. The number of ether oxygens (including phenoxy) is 2. The lowest BCUT2D eigenvalue weighted by atomic mass is 10.1. The molecule has 1 N–H and O–H groups in total. The third-order valence-corrected chi connectivity index (χ3v) is 4.10. The molecular weight excluding hydrogens is 298 g/mol. The molecule has 3 rings (SSSR count). The van der Waals surface area contributed by atoms with Gasteiger partial charge in [-0.15, -0.1) is 0 Å². The molecule has 1 aromatic rings. The van der Waals surface area contributed by atoms with Crippen molar-refractivity contribution >= 4 is 17.7 Å². The van der Waals surface area contributed by atoms with Gasteiger partial charge in [-0.3, -0.25) is 4.79 Å². The van der Waals surface area contributed by atoms with E-state index >= 15 is 0 Å². The summed E-state index contributed by atoms with van der Waals surface area (Å²) in [5.74, 6) is 0.584. The first kappa shape index (κ1) is 15.5. The Morgan fingerprint density at radius 2 is 2.09 bits per heavy atom. The average Bonchev–Trinajstić information content (AvgIpc) is 2.99. The summed E-state index contributed by atoms with van der Waals surface area (Å²) in [6, 6.07) is 7.70. The monoisotopic (exact) mass is 319 g/mol. The van der Waals surface area contributed by atoms with Gasteiger partial charge >= 0.3 is 6.09 Å². The summed E-state index contributed by atoms with van der Waals surface area (Å²) in [4.78, 5) is 27.2. The van der Waals surface area contributed by atoms with Gasteiger partial charge in [0, 0.05) is 20.1 Å². The number of hydrogen-bond acceptors (Lipinski definition) is 5.